The standard InChI is InChI=1S/C13H15FO2/c1-9(2)6-7-16-13-5-4-11(10(3)15)8-12(13)14/h4-5,8H,1,6-7H2,2-3H3. The first-order valence-corrected chi connectivity index (χ1v) is 5.08. The van der Waals surface area contributed by atoms with Gasteiger partial charge in [0.2, 0.25) is 0 Å². The fourth-order valence-electron chi connectivity index (χ4n) is 1.17. The summed E-state index contributed by atoms with van der Waals surface area (Å²) in [5.74, 6) is -0.493. The second kappa shape index (κ2) is 5.45. The van der Waals surface area contributed by atoms with Gasteiger partial charge in [0, 0.05) is 12.0 Å². The van der Waals surface area contributed by atoms with E-state index in [2.05, 4.69) is 6.58 Å². The van der Waals surface area contributed by atoms with E-state index in [9.17, 15) is 9.18 Å². The Labute approximate surface area is 94.7 Å². The summed E-state index contributed by atoms with van der Waals surface area (Å²) < 4.78 is 18.7. The summed E-state index contributed by atoms with van der Waals surface area (Å²) in [5, 5.41) is 0. The van der Waals surface area contributed by atoms with Crippen molar-refractivity contribution in [1.29, 1.82) is 0 Å². The number of ketones is 1. The van der Waals surface area contributed by atoms with Crippen molar-refractivity contribution in [3.05, 3.63) is 41.7 Å². The van der Waals surface area contributed by atoms with E-state index < -0.39 is 5.82 Å². The van der Waals surface area contributed by atoms with Crippen molar-refractivity contribution in [2.24, 2.45) is 0 Å². The third-order valence-electron chi connectivity index (χ3n) is 2.12. The van der Waals surface area contributed by atoms with Crippen LogP contribution in [0.25, 0.3) is 0 Å². The minimum atomic E-state index is -0.505. The van der Waals surface area contributed by atoms with Crippen molar-refractivity contribution in [2.45, 2.75) is 20.3 Å². The van der Waals surface area contributed by atoms with E-state index in [0.29, 0.717) is 18.6 Å². The van der Waals surface area contributed by atoms with E-state index in [4.69, 9.17) is 4.74 Å². The van der Waals surface area contributed by atoms with E-state index in [1.165, 1.54) is 19.1 Å². The molecule has 0 aromatic heterocycles. The largest absolute Gasteiger partial charge is 0.490 e. The van der Waals surface area contributed by atoms with Crippen LogP contribution in [0.1, 0.15) is 30.6 Å². The molecule has 0 heterocycles. The lowest BCUT2D eigenvalue weighted by atomic mass is 10.1. The number of Topliss-reactive ketones (excluding diaryl/α,β-unsaturated/α-hetero) is 1. The first kappa shape index (κ1) is 12.4. The van der Waals surface area contributed by atoms with E-state index in [0.717, 1.165) is 5.57 Å². The van der Waals surface area contributed by atoms with Gasteiger partial charge in [-0.25, -0.2) is 4.39 Å². The maximum absolute atomic E-state index is 13.4. The van der Waals surface area contributed by atoms with Crippen molar-refractivity contribution in [2.75, 3.05) is 6.61 Å². The maximum atomic E-state index is 13.4. The number of carbonyl (C=O) groups excluding carboxylic acids is 1. The van der Waals surface area contributed by atoms with Gasteiger partial charge in [-0.3, -0.25) is 4.79 Å². The Bertz CT molecular complexity index is 410. The second-order valence-corrected chi connectivity index (χ2v) is 3.76. The number of hydrogen-bond donors (Lipinski definition) is 0. The molecule has 2 nitrogen and oxygen atoms in total. The van der Waals surface area contributed by atoms with Crippen LogP contribution in [0.3, 0.4) is 0 Å². The second-order valence-electron chi connectivity index (χ2n) is 3.76. The van der Waals surface area contributed by atoms with Gasteiger partial charge in [0.15, 0.2) is 17.3 Å². The lowest BCUT2D eigenvalue weighted by Crippen LogP contribution is -2.01. The summed E-state index contributed by atoms with van der Waals surface area (Å²) in [5.41, 5.74) is 1.34. The zero-order valence-electron chi connectivity index (χ0n) is 9.55. The molecule has 0 spiro atoms. The van der Waals surface area contributed by atoms with Gasteiger partial charge in [0.25, 0.3) is 0 Å². The fraction of sp³-hybridized carbons (Fsp3) is 0.308. The number of halogens is 1. The third-order valence-corrected chi connectivity index (χ3v) is 2.12. The zero-order valence-corrected chi connectivity index (χ0v) is 9.55. The van der Waals surface area contributed by atoms with Crippen molar-refractivity contribution < 1.29 is 13.9 Å². The predicted octanol–water partition coefficient (Wildman–Crippen LogP) is 3.37. The van der Waals surface area contributed by atoms with Gasteiger partial charge in [-0.1, -0.05) is 5.57 Å². The molecule has 1 aromatic rings. The van der Waals surface area contributed by atoms with Crippen molar-refractivity contribution in [1.82, 2.24) is 0 Å². The lowest BCUT2D eigenvalue weighted by molar-refractivity contribution is 0.101. The molecule has 0 fully saturated rings. The van der Waals surface area contributed by atoms with Gasteiger partial charge in [-0.2, -0.15) is 0 Å². The monoisotopic (exact) mass is 222 g/mol. The van der Waals surface area contributed by atoms with Gasteiger partial charge >= 0.3 is 0 Å². The number of rotatable bonds is 5. The molecule has 0 radical (unpaired) electrons. The highest BCUT2D eigenvalue weighted by molar-refractivity contribution is 5.94. The molecular formula is C13H15FO2. The summed E-state index contributed by atoms with van der Waals surface area (Å²) in [6.07, 6.45) is 0.688. The number of hydrogen-bond acceptors (Lipinski definition) is 2. The van der Waals surface area contributed by atoms with E-state index in [-0.39, 0.29) is 11.5 Å². The topological polar surface area (TPSA) is 26.3 Å². The highest BCUT2D eigenvalue weighted by Gasteiger charge is 2.07. The molecule has 16 heavy (non-hydrogen) atoms. The van der Waals surface area contributed by atoms with Crippen LogP contribution >= 0.6 is 0 Å². The Hall–Kier alpha value is -1.64. The van der Waals surface area contributed by atoms with Crippen molar-refractivity contribution >= 4 is 5.78 Å². The van der Waals surface area contributed by atoms with Crippen LogP contribution in [-0.2, 0) is 0 Å². The van der Waals surface area contributed by atoms with Gasteiger partial charge in [0.1, 0.15) is 0 Å². The predicted molar refractivity (Wildman–Crippen MR) is 61.3 cm³/mol. The Kier molecular flexibility index (Phi) is 4.23. The molecule has 0 saturated carbocycles. The molecule has 0 saturated heterocycles. The average Bonchev–Trinajstić information content (AvgIpc) is 2.19. The number of benzene rings is 1. The third kappa shape index (κ3) is 3.50. The number of ether oxygens (including phenoxy) is 1. The fourth-order valence-corrected chi connectivity index (χ4v) is 1.17. The Morgan fingerprint density at radius 1 is 1.44 bits per heavy atom. The summed E-state index contributed by atoms with van der Waals surface area (Å²) in [4.78, 5) is 11.0. The van der Waals surface area contributed by atoms with Crippen LogP contribution in [-0.4, -0.2) is 12.4 Å². The minimum Gasteiger partial charge on any atom is -0.490 e. The van der Waals surface area contributed by atoms with Crippen LogP contribution < -0.4 is 4.74 Å². The summed E-state index contributed by atoms with van der Waals surface area (Å²) in [7, 11) is 0. The molecule has 0 unspecified atom stereocenters. The molecule has 0 atom stereocenters. The highest BCUT2D eigenvalue weighted by atomic mass is 19.1. The van der Waals surface area contributed by atoms with E-state index in [1.807, 2.05) is 6.92 Å². The molecule has 0 N–H and O–H groups in total. The quantitative estimate of drug-likeness (QED) is 0.564. The van der Waals surface area contributed by atoms with Crippen LogP contribution in [0.4, 0.5) is 4.39 Å². The van der Waals surface area contributed by atoms with Crippen molar-refractivity contribution in [3.8, 4) is 5.75 Å². The van der Waals surface area contributed by atoms with Gasteiger partial charge in [-0.15, -0.1) is 6.58 Å². The molecule has 0 aliphatic heterocycles. The van der Waals surface area contributed by atoms with Crippen LogP contribution in [0.15, 0.2) is 30.4 Å². The number of carbonyl (C=O) groups is 1. The first-order chi connectivity index (χ1) is 7.50. The minimum absolute atomic E-state index is 0.160. The maximum Gasteiger partial charge on any atom is 0.165 e. The molecular weight excluding hydrogens is 207 g/mol. The van der Waals surface area contributed by atoms with E-state index in [1.54, 1.807) is 6.07 Å². The Morgan fingerprint density at radius 2 is 2.12 bits per heavy atom. The molecule has 3 heteroatoms. The zero-order chi connectivity index (χ0) is 12.1. The molecule has 0 aliphatic carbocycles. The smallest absolute Gasteiger partial charge is 0.165 e. The van der Waals surface area contributed by atoms with Crippen LogP contribution in [0.5, 0.6) is 5.75 Å². The average molecular weight is 222 g/mol. The van der Waals surface area contributed by atoms with E-state index >= 15 is 0 Å². The molecule has 86 valence electrons. The first-order valence-electron chi connectivity index (χ1n) is 5.08. The Morgan fingerprint density at radius 3 is 2.62 bits per heavy atom. The van der Waals surface area contributed by atoms with Crippen LogP contribution in [0, 0.1) is 5.82 Å². The molecule has 0 aliphatic rings. The SMILES string of the molecule is C=C(C)CCOc1ccc(C(C)=O)cc1F. The Balaban J connectivity index is 2.68. The normalized spacial score (nSPS) is 9.94. The summed E-state index contributed by atoms with van der Waals surface area (Å²) in [6, 6.07) is 4.23. The van der Waals surface area contributed by atoms with Gasteiger partial charge in [0.05, 0.1) is 6.61 Å². The van der Waals surface area contributed by atoms with Crippen LogP contribution in [0.2, 0.25) is 0 Å². The molecule has 0 bridgehead atoms. The van der Waals surface area contributed by atoms with Gasteiger partial charge in [-0.05, 0) is 32.0 Å². The molecule has 1 aromatic carbocycles. The summed E-state index contributed by atoms with van der Waals surface area (Å²) >= 11 is 0. The lowest BCUT2D eigenvalue weighted by Gasteiger charge is -2.07. The summed E-state index contributed by atoms with van der Waals surface area (Å²) in [6.45, 7) is 7.41. The van der Waals surface area contributed by atoms with Crippen molar-refractivity contribution in [3.63, 3.8) is 0 Å². The molecule has 0 amide bonds. The molecule has 1 rings (SSSR count). The van der Waals surface area contributed by atoms with Gasteiger partial charge < -0.3 is 4.74 Å². The highest BCUT2D eigenvalue weighted by Crippen LogP contribution is 2.19.